The number of nitrogens with one attached hydrogen (secondary N) is 1. The molecular formula is C13H16N2O2. The van der Waals surface area contributed by atoms with Crippen LogP contribution >= 0.6 is 0 Å². The van der Waals surface area contributed by atoms with Gasteiger partial charge in [0.25, 0.3) is 0 Å². The van der Waals surface area contributed by atoms with Crippen LogP contribution in [-0.2, 0) is 16.1 Å². The molecule has 0 unspecified atom stereocenters. The Hall–Kier alpha value is -1.84. The van der Waals surface area contributed by atoms with Gasteiger partial charge in [0.05, 0.1) is 22.8 Å². The Morgan fingerprint density at radius 1 is 1.41 bits per heavy atom. The maximum Gasteiger partial charge on any atom is 0.311 e. The van der Waals surface area contributed by atoms with E-state index in [4.69, 9.17) is 4.74 Å². The van der Waals surface area contributed by atoms with Crippen LogP contribution in [0.3, 0.4) is 0 Å². The van der Waals surface area contributed by atoms with E-state index in [9.17, 15) is 4.79 Å². The number of hydrogen-bond donors (Lipinski definition) is 1. The standard InChI is InChI=1S/C13H16N2O2/c1-13(2,3)12(16)17-7-9-4-5-10-11(6-9)15-8-14-10/h4-6,8H,7H2,1-3H3,(H,14,15). The number of carbonyl (C=O) groups is 1. The molecule has 0 atom stereocenters. The summed E-state index contributed by atoms with van der Waals surface area (Å²) in [5.41, 5.74) is 2.36. The Bertz CT molecular complexity index is 538. The number of ether oxygens (including phenoxy) is 1. The van der Waals surface area contributed by atoms with E-state index in [2.05, 4.69) is 9.97 Å². The molecule has 17 heavy (non-hydrogen) atoms. The van der Waals surface area contributed by atoms with Crippen LogP contribution in [0.1, 0.15) is 26.3 Å². The number of hydrogen-bond acceptors (Lipinski definition) is 3. The van der Waals surface area contributed by atoms with Crippen LogP contribution in [0.15, 0.2) is 24.5 Å². The lowest BCUT2D eigenvalue weighted by molar-refractivity contribution is -0.154. The van der Waals surface area contributed by atoms with Gasteiger partial charge in [0.1, 0.15) is 6.61 Å². The summed E-state index contributed by atoms with van der Waals surface area (Å²) < 4.78 is 5.24. The molecule has 0 radical (unpaired) electrons. The molecule has 2 aromatic rings. The Labute approximate surface area is 100 Å². The van der Waals surface area contributed by atoms with Gasteiger partial charge in [-0.05, 0) is 38.5 Å². The third-order valence-corrected chi connectivity index (χ3v) is 2.47. The van der Waals surface area contributed by atoms with Crippen molar-refractivity contribution in [1.82, 2.24) is 9.97 Å². The van der Waals surface area contributed by atoms with Gasteiger partial charge in [-0.3, -0.25) is 4.79 Å². The fraction of sp³-hybridized carbons (Fsp3) is 0.385. The Morgan fingerprint density at radius 3 is 2.88 bits per heavy atom. The average Bonchev–Trinajstić information content (AvgIpc) is 2.71. The molecule has 0 amide bonds. The summed E-state index contributed by atoms with van der Waals surface area (Å²) in [6.45, 7) is 5.82. The molecular weight excluding hydrogens is 216 g/mol. The second-order valence-electron chi connectivity index (χ2n) is 5.08. The highest BCUT2D eigenvalue weighted by atomic mass is 16.5. The normalized spacial score (nSPS) is 11.7. The summed E-state index contributed by atoms with van der Waals surface area (Å²) in [5, 5.41) is 0. The lowest BCUT2D eigenvalue weighted by atomic mass is 9.97. The summed E-state index contributed by atoms with van der Waals surface area (Å²) in [6.07, 6.45) is 1.65. The van der Waals surface area contributed by atoms with E-state index < -0.39 is 5.41 Å². The first kappa shape index (κ1) is 11.6. The smallest absolute Gasteiger partial charge is 0.311 e. The van der Waals surface area contributed by atoms with Crippen molar-refractivity contribution < 1.29 is 9.53 Å². The molecule has 1 aromatic heterocycles. The molecule has 1 N–H and O–H groups in total. The number of imidazole rings is 1. The highest BCUT2D eigenvalue weighted by Gasteiger charge is 2.22. The van der Waals surface area contributed by atoms with Crippen molar-refractivity contribution in [2.45, 2.75) is 27.4 Å². The first-order chi connectivity index (χ1) is 7.97. The summed E-state index contributed by atoms with van der Waals surface area (Å²) >= 11 is 0. The lowest BCUT2D eigenvalue weighted by Crippen LogP contribution is -2.22. The Kier molecular flexibility index (Phi) is 2.88. The summed E-state index contributed by atoms with van der Waals surface area (Å²) in [5.74, 6) is -0.192. The molecule has 1 aromatic carbocycles. The van der Waals surface area contributed by atoms with E-state index in [-0.39, 0.29) is 5.97 Å². The fourth-order valence-electron chi connectivity index (χ4n) is 1.44. The maximum atomic E-state index is 11.6. The minimum Gasteiger partial charge on any atom is -0.460 e. The van der Waals surface area contributed by atoms with Crippen LogP contribution in [-0.4, -0.2) is 15.9 Å². The summed E-state index contributed by atoms with van der Waals surface area (Å²) in [6, 6.07) is 5.77. The molecule has 0 bridgehead atoms. The molecule has 0 saturated heterocycles. The summed E-state index contributed by atoms with van der Waals surface area (Å²) in [4.78, 5) is 18.8. The number of rotatable bonds is 2. The predicted molar refractivity (Wildman–Crippen MR) is 65.3 cm³/mol. The summed E-state index contributed by atoms with van der Waals surface area (Å²) in [7, 11) is 0. The average molecular weight is 232 g/mol. The zero-order chi connectivity index (χ0) is 12.5. The van der Waals surface area contributed by atoms with Crippen molar-refractivity contribution in [2.24, 2.45) is 5.41 Å². The van der Waals surface area contributed by atoms with Crippen molar-refractivity contribution in [1.29, 1.82) is 0 Å². The van der Waals surface area contributed by atoms with Crippen molar-refractivity contribution in [3.63, 3.8) is 0 Å². The van der Waals surface area contributed by atoms with Crippen molar-refractivity contribution in [2.75, 3.05) is 0 Å². The second-order valence-corrected chi connectivity index (χ2v) is 5.08. The van der Waals surface area contributed by atoms with E-state index in [1.54, 1.807) is 6.33 Å². The highest BCUT2D eigenvalue weighted by Crippen LogP contribution is 2.17. The third-order valence-electron chi connectivity index (χ3n) is 2.47. The molecule has 0 spiro atoms. The van der Waals surface area contributed by atoms with Gasteiger partial charge in [-0.1, -0.05) is 6.07 Å². The van der Waals surface area contributed by atoms with Gasteiger partial charge in [-0.15, -0.1) is 0 Å². The van der Waals surface area contributed by atoms with Gasteiger partial charge in [0.2, 0.25) is 0 Å². The molecule has 90 valence electrons. The van der Waals surface area contributed by atoms with Gasteiger partial charge in [0.15, 0.2) is 0 Å². The van der Waals surface area contributed by atoms with Crippen LogP contribution in [0, 0.1) is 5.41 Å². The van der Waals surface area contributed by atoms with E-state index in [1.165, 1.54) is 0 Å². The van der Waals surface area contributed by atoms with Crippen LogP contribution in [0.4, 0.5) is 0 Å². The second kappa shape index (κ2) is 4.20. The van der Waals surface area contributed by atoms with Crippen LogP contribution in [0.25, 0.3) is 11.0 Å². The number of esters is 1. The zero-order valence-corrected chi connectivity index (χ0v) is 10.3. The number of H-pyrrole nitrogens is 1. The number of carbonyl (C=O) groups excluding carboxylic acids is 1. The van der Waals surface area contributed by atoms with Gasteiger partial charge in [-0.25, -0.2) is 4.98 Å². The van der Waals surface area contributed by atoms with Crippen molar-refractivity contribution in [3.05, 3.63) is 30.1 Å². The first-order valence-electron chi connectivity index (χ1n) is 5.56. The van der Waals surface area contributed by atoms with E-state index in [0.29, 0.717) is 6.61 Å². The molecule has 0 aliphatic rings. The van der Waals surface area contributed by atoms with Crippen LogP contribution < -0.4 is 0 Å². The van der Waals surface area contributed by atoms with E-state index in [0.717, 1.165) is 16.6 Å². The number of aromatic amines is 1. The van der Waals surface area contributed by atoms with Gasteiger partial charge in [0, 0.05) is 0 Å². The molecule has 0 aliphatic carbocycles. The minimum atomic E-state index is -0.460. The number of fused-ring (bicyclic) bond motifs is 1. The van der Waals surface area contributed by atoms with Crippen LogP contribution in [0.2, 0.25) is 0 Å². The number of nitrogens with zero attached hydrogens (tertiary/aromatic N) is 1. The fourth-order valence-corrected chi connectivity index (χ4v) is 1.44. The molecule has 4 heteroatoms. The first-order valence-corrected chi connectivity index (χ1v) is 5.56. The number of benzene rings is 1. The Balaban J connectivity index is 2.06. The largest absolute Gasteiger partial charge is 0.460 e. The van der Waals surface area contributed by atoms with Crippen LogP contribution in [0.5, 0.6) is 0 Å². The minimum absolute atomic E-state index is 0.192. The topological polar surface area (TPSA) is 55.0 Å². The number of aromatic nitrogens is 2. The predicted octanol–water partition coefficient (Wildman–Crippen LogP) is 2.65. The maximum absolute atomic E-state index is 11.6. The quantitative estimate of drug-likeness (QED) is 0.810. The van der Waals surface area contributed by atoms with Gasteiger partial charge < -0.3 is 9.72 Å². The monoisotopic (exact) mass is 232 g/mol. The van der Waals surface area contributed by atoms with E-state index >= 15 is 0 Å². The van der Waals surface area contributed by atoms with Crippen molar-refractivity contribution >= 4 is 17.0 Å². The van der Waals surface area contributed by atoms with Gasteiger partial charge >= 0.3 is 5.97 Å². The van der Waals surface area contributed by atoms with E-state index in [1.807, 2.05) is 39.0 Å². The molecule has 0 fully saturated rings. The van der Waals surface area contributed by atoms with Gasteiger partial charge in [-0.2, -0.15) is 0 Å². The zero-order valence-electron chi connectivity index (χ0n) is 10.3. The molecule has 0 aliphatic heterocycles. The molecule has 2 rings (SSSR count). The van der Waals surface area contributed by atoms with Crippen molar-refractivity contribution in [3.8, 4) is 0 Å². The highest BCUT2D eigenvalue weighted by molar-refractivity contribution is 5.76. The third kappa shape index (κ3) is 2.64. The molecule has 4 nitrogen and oxygen atoms in total. The SMILES string of the molecule is CC(C)(C)C(=O)OCc1ccc2nc[nH]c2c1. The molecule has 1 heterocycles. The lowest BCUT2D eigenvalue weighted by Gasteiger charge is -2.16. The Morgan fingerprint density at radius 2 is 2.18 bits per heavy atom. The molecule has 0 saturated carbocycles.